The van der Waals surface area contributed by atoms with E-state index in [4.69, 9.17) is 0 Å². The van der Waals surface area contributed by atoms with Crippen molar-refractivity contribution < 1.29 is 22.4 Å². The van der Waals surface area contributed by atoms with E-state index in [-0.39, 0.29) is 16.5 Å². The Labute approximate surface area is 128 Å². The van der Waals surface area contributed by atoms with Crippen molar-refractivity contribution in [2.45, 2.75) is 37.9 Å². The smallest absolute Gasteiger partial charge is 0.349 e. The van der Waals surface area contributed by atoms with Crippen molar-refractivity contribution in [3.63, 3.8) is 0 Å². The SMILES string of the molecule is O=C(NC1CCCCC1C(F)(F)F)c1ccc(F)c(Br)c1. The van der Waals surface area contributed by atoms with Gasteiger partial charge in [-0.3, -0.25) is 4.79 Å². The molecule has 1 aromatic rings. The van der Waals surface area contributed by atoms with Gasteiger partial charge in [0.15, 0.2) is 0 Å². The van der Waals surface area contributed by atoms with E-state index < -0.39 is 29.9 Å². The summed E-state index contributed by atoms with van der Waals surface area (Å²) in [6, 6.07) is 2.69. The van der Waals surface area contributed by atoms with Gasteiger partial charge in [0.2, 0.25) is 0 Å². The van der Waals surface area contributed by atoms with Crippen molar-refractivity contribution in [3.05, 3.63) is 34.1 Å². The Hall–Kier alpha value is -1.11. The fourth-order valence-electron chi connectivity index (χ4n) is 2.58. The van der Waals surface area contributed by atoms with Crippen LogP contribution in [0.3, 0.4) is 0 Å². The molecule has 0 aliphatic heterocycles. The van der Waals surface area contributed by atoms with Crippen molar-refractivity contribution in [2.24, 2.45) is 5.92 Å². The second kappa shape index (κ2) is 6.34. The molecule has 1 aliphatic carbocycles. The zero-order valence-corrected chi connectivity index (χ0v) is 12.6. The van der Waals surface area contributed by atoms with Crippen LogP contribution in [-0.4, -0.2) is 18.1 Å². The predicted octanol–water partition coefficient (Wildman–Crippen LogP) is 4.44. The van der Waals surface area contributed by atoms with Crippen LogP contribution in [0.1, 0.15) is 36.0 Å². The van der Waals surface area contributed by atoms with Gasteiger partial charge < -0.3 is 5.32 Å². The molecule has 0 spiro atoms. The highest BCUT2D eigenvalue weighted by atomic mass is 79.9. The zero-order valence-electron chi connectivity index (χ0n) is 11.0. The second-order valence-corrected chi connectivity index (χ2v) is 6.00. The van der Waals surface area contributed by atoms with Crippen molar-refractivity contribution in [1.82, 2.24) is 5.32 Å². The summed E-state index contributed by atoms with van der Waals surface area (Å²) in [5.41, 5.74) is 0.134. The van der Waals surface area contributed by atoms with Crippen LogP contribution in [0.15, 0.2) is 22.7 Å². The van der Waals surface area contributed by atoms with Gasteiger partial charge in [0, 0.05) is 11.6 Å². The number of nitrogens with one attached hydrogen (secondary N) is 1. The molecule has 0 bridgehead atoms. The molecular weight excluding hydrogens is 354 g/mol. The number of benzene rings is 1. The molecule has 0 radical (unpaired) electrons. The van der Waals surface area contributed by atoms with Crippen molar-refractivity contribution in [2.75, 3.05) is 0 Å². The first-order valence-electron chi connectivity index (χ1n) is 6.61. The minimum atomic E-state index is -4.32. The minimum absolute atomic E-state index is 0.0293. The third kappa shape index (κ3) is 3.96. The Morgan fingerprint density at radius 3 is 2.52 bits per heavy atom. The molecule has 2 unspecified atom stereocenters. The van der Waals surface area contributed by atoms with Gasteiger partial charge in [-0.25, -0.2) is 4.39 Å². The molecule has 0 heterocycles. The average molecular weight is 368 g/mol. The fourth-order valence-corrected chi connectivity index (χ4v) is 2.96. The number of hydrogen-bond acceptors (Lipinski definition) is 1. The predicted molar refractivity (Wildman–Crippen MR) is 73.4 cm³/mol. The van der Waals surface area contributed by atoms with Gasteiger partial charge in [0.1, 0.15) is 5.82 Å². The number of halogens is 5. The van der Waals surface area contributed by atoms with Crippen LogP contribution in [-0.2, 0) is 0 Å². The van der Waals surface area contributed by atoms with E-state index in [0.29, 0.717) is 19.3 Å². The molecule has 1 fully saturated rings. The number of amides is 1. The van der Waals surface area contributed by atoms with Crippen LogP contribution in [0.4, 0.5) is 17.6 Å². The Bertz CT molecular complexity index is 532. The Balaban J connectivity index is 2.11. The number of rotatable bonds is 2. The quantitative estimate of drug-likeness (QED) is 0.769. The standard InChI is InChI=1S/C14H14BrF4NO/c15-10-7-8(5-6-11(10)16)13(21)20-12-4-2-1-3-9(12)14(17,18)19/h5-7,9,12H,1-4H2,(H,20,21). The average Bonchev–Trinajstić information content (AvgIpc) is 2.41. The van der Waals surface area contributed by atoms with Gasteiger partial charge in [-0.1, -0.05) is 12.8 Å². The molecule has 1 saturated carbocycles. The Morgan fingerprint density at radius 2 is 1.90 bits per heavy atom. The first-order valence-corrected chi connectivity index (χ1v) is 7.41. The van der Waals surface area contributed by atoms with Gasteiger partial charge in [0.25, 0.3) is 5.91 Å². The summed E-state index contributed by atoms with van der Waals surface area (Å²) in [7, 11) is 0. The van der Waals surface area contributed by atoms with Gasteiger partial charge in [0.05, 0.1) is 10.4 Å². The van der Waals surface area contributed by atoms with E-state index in [2.05, 4.69) is 21.2 Å². The molecule has 21 heavy (non-hydrogen) atoms. The van der Waals surface area contributed by atoms with E-state index in [1.54, 1.807) is 0 Å². The molecule has 1 N–H and O–H groups in total. The molecule has 1 aromatic carbocycles. The molecule has 7 heteroatoms. The summed E-state index contributed by atoms with van der Waals surface area (Å²) in [5, 5.41) is 2.44. The maximum atomic E-state index is 13.1. The lowest BCUT2D eigenvalue weighted by molar-refractivity contribution is -0.187. The summed E-state index contributed by atoms with van der Waals surface area (Å²) < 4.78 is 52.1. The van der Waals surface area contributed by atoms with Crippen LogP contribution in [0.2, 0.25) is 0 Å². The highest BCUT2D eigenvalue weighted by Gasteiger charge is 2.45. The highest BCUT2D eigenvalue weighted by Crippen LogP contribution is 2.37. The zero-order chi connectivity index (χ0) is 15.6. The fraction of sp³-hybridized carbons (Fsp3) is 0.500. The van der Waals surface area contributed by atoms with Crippen LogP contribution in [0.25, 0.3) is 0 Å². The van der Waals surface area contributed by atoms with Crippen molar-refractivity contribution in [3.8, 4) is 0 Å². The summed E-state index contributed by atoms with van der Waals surface area (Å²) in [4.78, 5) is 12.0. The van der Waals surface area contributed by atoms with Gasteiger partial charge in [-0.15, -0.1) is 0 Å². The Morgan fingerprint density at radius 1 is 1.24 bits per heavy atom. The second-order valence-electron chi connectivity index (χ2n) is 5.14. The molecule has 0 aromatic heterocycles. The normalized spacial score (nSPS) is 22.9. The molecule has 2 atom stereocenters. The molecule has 1 aliphatic rings. The number of hydrogen-bond donors (Lipinski definition) is 1. The van der Waals surface area contributed by atoms with E-state index in [9.17, 15) is 22.4 Å². The molecule has 0 saturated heterocycles. The van der Waals surface area contributed by atoms with E-state index in [1.807, 2.05) is 0 Å². The number of alkyl halides is 3. The third-order valence-corrected chi connectivity index (χ3v) is 4.29. The molecule has 116 valence electrons. The van der Waals surface area contributed by atoms with Crippen LogP contribution < -0.4 is 5.32 Å². The van der Waals surface area contributed by atoms with Gasteiger partial charge in [-0.2, -0.15) is 13.2 Å². The highest BCUT2D eigenvalue weighted by molar-refractivity contribution is 9.10. The van der Waals surface area contributed by atoms with Gasteiger partial charge in [-0.05, 0) is 47.0 Å². The molecular formula is C14H14BrF4NO. The first-order chi connectivity index (χ1) is 9.79. The maximum absolute atomic E-state index is 13.1. The monoisotopic (exact) mass is 367 g/mol. The Kier molecular flexibility index (Phi) is 4.91. The van der Waals surface area contributed by atoms with Crippen LogP contribution in [0.5, 0.6) is 0 Å². The summed E-state index contributed by atoms with van der Waals surface area (Å²) in [5.74, 6) is -2.66. The summed E-state index contributed by atoms with van der Waals surface area (Å²) in [6.07, 6.45) is -2.81. The molecule has 1 amide bonds. The van der Waals surface area contributed by atoms with E-state index in [0.717, 1.165) is 6.07 Å². The van der Waals surface area contributed by atoms with E-state index in [1.165, 1.54) is 12.1 Å². The minimum Gasteiger partial charge on any atom is -0.349 e. The largest absolute Gasteiger partial charge is 0.393 e. The topological polar surface area (TPSA) is 29.1 Å². The van der Waals surface area contributed by atoms with Crippen LogP contribution >= 0.6 is 15.9 Å². The lowest BCUT2D eigenvalue weighted by Gasteiger charge is -2.33. The summed E-state index contributed by atoms with van der Waals surface area (Å²) >= 11 is 2.95. The molecule has 2 rings (SSSR count). The van der Waals surface area contributed by atoms with E-state index >= 15 is 0 Å². The third-order valence-electron chi connectivity index (χ3n) is 3.68. The first kappa shape index (κ1) is 16.3. The van der Waals surface area contributed by atoms with Crippen LogP contribution in [0, 0.1) is 11.7 Å². The number of carbonyl (C=O) groups is 1. The molecule has 2 nitrogen and oxygen atoms in total. The van der Waals surface area contributed by atoms with Crippen molar-refractivity contribution in [1.29, 1.82) is 0 Å². The number of carbonyl (C=O) groups excluding carboxylic acids is 1. The van der Waals surface area contributed by atoms with Crippen molar-refractivity contribution >= 4 is 21.8 Å². The maximum Gasteiger partial charge on any atom is 0.393 e. The summed E-state index contributed by atoms with van der Waals surface area (Å²) in [6.45, 7) is 0. The lowest BCUT2D eigenvalue weighted by atomic mass is 9.84. The lowest BCUT2D eigenvalue weighted by Crippen LogP contribution is -2.47. The van der Waals surface area contributed by atoms with Gasteiger partial charge >= 0.3 is 6.18 Å².